The van der Waals surface area contributed by atoms with Crippen LogP contribution in [0.5, 0.6) is 0 Å². The van der Waals surface area contributed by atoms with Crippen LogP contribution in [0.3, 0.4) is 0 Å². The fraction of sp³-hybridized carbons (Fsp3) is 0.300. The largest absolute Gasteiger partial charge is 0.299 e. The van der Waals surface area contributed by atoms with Crippen molar-refractivity contribution in [3.63, 3.8) is 0 Å². The number of carbonyl (C=O) groups excluding carboxylic acids is 1. The van der Waals surface area contributed by atoms with Gasteiger partial charge in [-0.1, -0.05) is 15.9 Å². The van der Waals surface area contributed by atoms with Gasteiger partial charge in [-0.05, 0) is 30.2 Å². The van der Waals surface area contributed by atoms with Crippen LogP contribution < -0.4 is 0 Å². The van der Waals surface area contributed by atoms with Gasteiger partial charge in [0.1, 0.15) is 11.6 Å². The molecule has 0 N–H and O–H groups in total. The van der Waals surface area contributed by atoms with Gasteiger partial charge < -0.3 is 0 Å². The van der Waals surface area contributed by atoms with Crippen molar-refractivity contribution in [2.24, 2.45) is 0 Å². The van der Waals surface area contributed by atoms with Crippen molar-refractivity contribution in [3.05, 3.63) is 34.1 Å². The monoisotopic (exact) mass is 242 g/mol. The topological polar surface area (TPSA) is 17.1 Å². The summed E-state index contributed by atoms with van der Waals surface area (Å²) in [5, 5.41) is 0. The highest BCUT2D eigenvalue weighted by Crippen LogP contribution is 2.34. The van der Waals surface area contributed by atoms with Crippen LogP contribution in [-0.2, 0) is 4.79 Å². The van der Waals surface area contributed by atoms with Gasteiger partial charge in [0, 0.05) is 16.8 Å². The van der Waals surface area contributed by atoms with E-state index >= 15 is 0 Å². The Morgan fingerprint density at radius 2 is 2.15 bits per heavy atom. The fourth-order valence-corrected chi connectivity index (χ4v) is 2.02. The van der Waals surface area contributed by atoms with Crippen molar-refractivity contribution >= 4 is 21.7 Å². The zero-order chi connectivity index (χ0) is 9.42. The maximum atomic E-state index is 12.9. The Morgan fingerprint density at radius 1 is 1.38 bits per heavy atom. The van der Waals surface area contributed by atoms with Crippen LogP contribution in [-0.4, -0.2) is 5.78 Å². The first kappa shape index (κ1) is 8.88. The third-order valence-electron chi connectivity index (χ3n) is 2.36. The number of hydrogen-bond acceptors (Lipinski definition) is 1. The van der Waals surface area contributed by atoms with Crippen LogP contribution in [0.15, 0.2) is 22.7 Å². The van der Waals surface area contributed by atoms with E-state index in [2.05, 4.69) is 15.9 Å². The Labute approximate surface area is 84.1 Å². The first-order chi connectivity index (χ1) is 6.16. The van der Waals surface area contributed by atoms with E-state index in [1.807, 2.05) is 6.07 Å². The van der Waals surface area contributed by atoms with Crippen LogP contribution in [0.4, 0.5) is 4.39 Å². The summed E-state index contributed by atoms with van der Waals surface area (Å²) in [5.74, 6) is -0.131. The van der Waals surface area contributed by atoms with E-state index in [0.717, 1.165) is 12.0 Å². The molecule has 0 radical (unpaired) electrons. The summed E-state index contributed by atoms with van der Waals surface area (Å²) in [7, 11) is 0. The smallest absolute Gasteiger partial charge is 0.140 e. The molecule has 1 aromatic rings. The number of hydrogen-bond donors (Lipinski definition) is 0. The Morgan fingerprint density at radius 3 is 2.62 bits per heavy atom. The van der Waals surface area contributed by atoms with E-state index < -0.39 is 0 Å². The number of ketones is 1. The van der Waals surface area contributed by atoms with E-state index in [4.69, 9.17) is 0 Å². The number of rotatable bonds is 1. The van der Waals surface area contributed by atoms with E-state index in [1.54, 1.807) is 0 Å². The molecular weight excluding hydrogens is 235 g/mol. The Hall–Kier alpha value is -0.700. The molecule has 0 heterocycles. The maximum Gasteiger partial charge on any atom is 0.140 e. The summed E-state index contributed by atoms with van der Waals surface area (Å²) in [4.78, 5) is 11.1. The Bertz CT molecular complexity index is 342. The molecule has 1 fully saturated rings. The summed E-state index contributed by atoms with van der Waals surface area (Å²) < 4.78 is 13.6. The molecule has 1 saturated carbocycles. The fourth-order valence-electron chi connectivity index (χ4n) is 1.54. The number of halogens is 2. The molecule has 0 bridgehead atoms. The summed E-state index contributed by atoms with van der Waals surface area (Å²) in [6.45, 7) is 0. The lowest BCUT2D eigenvalue weighted by Gasteiger charge is -2.24. The van der Waals surface area contributed by atoms with Gasteiger partial charge in [0.05, 0.1) is 0 Å². The quantitative estimate of drug-likeness (QED) is 0.740. The minimum atomic E-state index is -0.288. The summed E-state index contributed by atoms with van der Waals surface area (Å²) >= 11 is 3.20. The van der Waals surface area contributed by atoms with Gasteiger partial charge in [0.15, 0.2) is 0 Å². The van der Waals surface area contributed by atoms with Gasteiger partial charge >= 0.3 is 0 Å². The average molecular weight is 243 g/mol. The van der Waals surface area contributed by atoms with Gasteiger partial charge in [-0.2, -0.15) is 0 Å². The molecule has 1 aliphatic carbocycles. The van der Waals surface area contributed by atoms with E-state index in [1.165, 1.54) is 12.1 Å². The molecule has 0 aliphatic heterocycles. The average Bonchev–Trinajstić information content (AvgIpc) is 1.99. The van der Waals surface area contributed by atoms with Crippen molar-refractivity contribution in [2.45, 2.75) is 18.8 Å². The standard InChI is InChI=1S/C10H8BrFO/c11-7-3-6(4-8(12)5-7)9-1-2-10(9)13/h3-5,9H,1-2H2. The van der Waals surface area contributed by atoms with Crippen molar-refractivity contribution in [1.29, 1.82) is 0 Å². The molecule has 2 rings (SSSR count). The van der Waals surface area contributed by atoms with Gasteiger partial charge in [0.2, 0.25) is 0 Å². The normalized spacial score (nSPS) is 21.4. The first-order valence-electron chi connectivity index (χ1n) is 4.15. The molecular formula is C10H8BrFO. The summed E-state index contributed by atoms with van der Waals surface area (Å²) in [6.07, 6.45) is 1.49. The highest BCUT2D eigenvalue weighted by molar-refractivity contribution is 9.10. The number of Topliss-reactive ketones (excluding diaryl/α,β-unsaturated/α-hetero) is 1. The lowest BCUT2D eigenvalue weighted by Crippen LogP contribution is -2.23. The Kier molecular flexibility index (Phi) is 2.20. The zero-order valence-corrected chi connectivity index (χ0v) is 8.47. The third-order valence-corrected chi connectivity index (χ3v) is 2.81. The summed E-state index contributed by atoms with van der Waals surface area (Å²) in [5.41, 5.74) is 0.795. The lowest BCUT2D eigenvalue weighted by atomic mass is 9.79. The van der Waals surface area contributed by atoms with E-state index in [9.17, 15) is 9.18 Å². The molecule has 1 unspecified atom stereocenters. The van der Waals surface area contributed by atoms with Gasteiger partial charge in [-0.25, -0.2) is 4.39 Å². The van der Waals surface area contributed by atoms with Crippen LogP contribution in [0.1, 0.15) is 24.3 Å². The highest BCUT2D eigenvalue weighted by atomic mass is 79.9. The maximum absolute atomic E-state index is 12.9. The minimum absolute atomic E-state index is 0.0630. The van der Waals surface area contributed by atoms with Crippen LogP contribution in [0.2, 0.25) is 0 Å². The second-order valence-corrected chi connectivity index (χ2v) is 4.18. The van der Waals surface area contributed by atoms with Crippen LogP contribution >= 0.6 is 15.9 Å². The van der Waals surface area contributed by atoms with Crippen molar-refractivity contribution in [3.8, 4) is 0 Å². The highest BCUT2D eigenvalue weighted by Gasteiger charge is 2.29. The van der Waals surface area contributed by atoms with Gasteiger partial charge in [-0.3, -0.25) is 4.79 Å². The third kappa shape index (κ3) is 1.66. The molecule has 68 valence electrons. The predicted molar refractivity (Wildman–Crippen MR) is 51.1 cm³/mol. The molecule has 1 nitrogen and oxygen atoms in total. The zero-order valence-electron chi connectivity index (χ0n) is 6.89. The van der Waals surface area contributed by atoms with E-state index in [0.29, 0.717) is 10.9 Å². The molecule has 3 heteroatoms. The van der Waals surface area contributed by atoms with Crippen molar-refractivity contribution < 1.29 is 9.18 Å². The minimum Gasteiger partial charge on any atom is -0.299 e. The Balaban J connectivity index is 2.34. The summed E-state index contributed by atoms with van der Waals surface area (Å²) in [6, 6.07) is 4.64. The second-order valence-electron chi connectivity index (χ2n) is 3.26. The van der Waals surface area contributed by atoms with Gasteiger partial charge in [-0.15, -0.1) is 0 Å². The van der Waals surface area contributed by atoms with Crippen molar-refractivity contribution in [1.82, 2.24) is 0 Å². The first-order valence-corrected chi connectivity index (χ1v) is 4.95. The predicted octanol–water partition coefficient (Wildman–Crippen LogP) is 3.03. The number of benzene rings is 1. The molecule has 1 aromatic carbocycles. The molecule has 1 aliphatic rings. The lowest BCUT2D eigenvalue weighted by molar-refractivity contribution is -0.125. The second kappa shape index (κ2) is 3.22. The van der Waals surface area contributed by atoms with Crippen LogP contribution in [0.25, 0.3) is 0 Å². The molecule has 0 saturated heterocycles. The molecule has 0 spiro atoms. The van der Waals surface area contributed by atoms with Crippen LogP contribution in [0, 0.1) is 5.82 Å². The van der Waals surface area contributed by atoms with E-state index in [-0.39, 0.29) is 17.5 Å². The number of carbonyl (C=O) groups is 1. The molecule has 1 atom stereocenters. The molecule has 13 heavy (non-hydrogen) atoms. The van der Waals surface area contributed by atoms with Gasteiger partial charge in [0.25, 0.3) is 0 Å². The SMILES string of the molecule is O=C1CCC1c1cc(F)cc(Br)c1. The van der Waals surface area contributed by atoms with Crippen molar-refractivity contribution in [2.75, 3.05) is 0 Å². The molecule has 0 amide bonds. The molecule has 0 aromatic heterocycles.